The number of nitrogens with one attached hydrogen (secondary N) is 1. The number of amidine groups is 1. The monoisotopic (exact) mass is 222 g/mol. The van der Waals surface area contributed by atoms with Crippen molar-refractivity contribution in [3.8, 4) is 0 Å². The van der Waals surface area contributed by atoms with Crippen LogP contribution in [0.1, 0.15) is 65.2 Å². The van der Waals surface area contributed by atoms with Gasteiger partial charge in [-0.3, -0.25) is 4.99 Å². The van der Waals surface area contributed by atoms with E-state index in [1.807, 2.05) is 0 Å². The number of unbranched alkanes of at least 4 members (excludes halogenated alkanes) is 3. The quantitative estimate of drug-likeness (QED) is 0.683. The Balaban J connectivity index is 1.73. The van der Waals surface area contributed by atoms with Gasteiger partial charge in [0.1, 0.15) is 0 Å². The summed E-state index contributed by atoms with van der Waals surface area (Å²) >= 11 is 0. The Morgan fingerprint density at radius 1 is 1.31 bits per heavy atom. The lowest BCUT2D eigenvalue weighted by Gasteiger charge is -2.33. The van der Waals surface area contributed by atoms with Gasteiger partial charge in [0.2, 0.25) is 0 Å². The van der Waals surface area contributed by atoms with Crippen LogP contribution in [0.25, 0.3) is 0 Å². The first kappa shape index (κ1) is 11.9. The number of rotatable bonds is 6. The molecule has 0 aromatic carbocycles. The molecule has 1 unspecified atom stereocenters. The molecule has 1 aliphatic carbocycles. The third kappa shape index (κ3) is 2.58. The van der Waals surface area contributed by atoms with Crippen LogP contribution in [0.3, 0.4) is 0 Å². The molecule has 2 heteroatoms. The average Bonchev–Trinajstić information content (AvgIpc) is 2.69. The summed E-state index contributed by atoms with van der Waals surface area (Å²) < 4.78 is 0. The van der Waals surface area contributed by atoms with Crippen molar-refractivity contribution in [3.05, 3.63) is 0 Å². The van der Waals surface area contributed by atoms with Crippen molar-refractivity contribution in [1.82, 2.24) is 5.32 Å². The predicted molar refractivity (Wildman–Crippen MR) is 69.9 cm³/mol. The summed E-state index contributed by atoms with van der Waals surface area (Å²) in [5, 5.41) is 3.54. The zero-order valence-electron chi connectivity index (χ0n) is 10.9. The lowest BCUT2D eigenvalue weighted by molar-refractivity contribution is 0.268. The SMILES string of the molecule is CCCCCCC(C)C1=NC2(CCC2)CN1. The highest BCUT2D eigenvalue weighted by atomic mass is 15.1. The maximum absolute atomic E-state index is 4.93. The molecule has 1 N–H and O–H groups in total. The molecule has 1 heterocycles. The lowest BCUT2D eigenvalue weighted by atomic mass is 9.78. The Morgan fingerprint density at radius 2 is 2.12 bits per heavy atom. The highest BCUT2D eigenvalue weighted by Gasteiger charge is 2.41. The lowest BCUT2D eigenvalue weighted by Crippen LogP contribution is -2.39. The van der Waals surface area contributed by atoms with Gasteiger partial charge in [0.15, 0.2) is 0 Å². The summed E-state index contributed by atoms with van der Waals surface area (Å²) in [5.74, 6) is 1.95. The third-order valence-electron chi connectivity index (χ3n) is 4.20. The zero-order chi connectivity index (χ0) is 11.4. The third-order valence-corrected chi connectivity index (χ3v) is 4.20. The largest absolute Gasteiger partial charge is 0.371 e. The summed E-state index contributed by atoms with van der Waals surface area (Å²) in [6, 6.07) is 0. The van der Waals surface area contributed by atoms with E-state index in [2.05, 4.69) is 19.2 Å². The van der Waals surface area contributed by atoms with E-state index in [1.54, 1.807) is 0 Å². The molecule has 1 atom stereocenters. The molecule has 0 saturated heterocycles. The average molecular weight is 222 g/mol. The second-order valence-corrected chi connectivity index (χ2v) is 5.68. The molecule has 0 aromatic rings. The van der Waals surface area contributed by atoms with Gasteiger partial charge >= 0.3 is 0 Å². The van der Waals surface area contributed by atoms with Crippen molar-refractivity contribution in [1.29, 1.82) is 0 Å². The maximum atomic E-state index is 4.93. The van der Waals surface area contributed by atoms with Gasteiger partial charge in [-0.1, -0.05) is 39.5 Å². The van der Waals surface area contributed by atoms with Crippen molar-refractivity contribution < 1.29 is 0 Å². The molecule has 0 aromatic heterocycles. The molecular weight excluding hydrogens is 196 g/mol. The fraction of sp³-hybridized carbons (Fsp3) is 0.929. The van der Waals surface area contributed by atoms with Crippen LogP contribution in [0.15, 0.2) is 4.99 Å². The Morgan fingerprint density at radius 3 is 2.69 bits per heavy atom. The fourth-order valence-electron chi connectivity index (χ4n) is 2.76. The van der Waals surface area contributed by atoms with E-state index >= 15 is 0 Å². The van der Waals surface area contributed by atoms with E-state index in [4.69, 9.17) is 4.99 Å². The first-order chi connectivity index (χ1) is 7.76. The Labute approximate surface area is 99.9 Å². The molecule has 2 rings (SSSR count). The number of hydrogen-bond donors (Lipinski definition) is 1. The van der Waals surface area contributed by atoms with Crippen LogP contribution in [0.5, 0.6) is 0 Å². The van der Waals surface area contributed by atoms with Crippen LogP contribution in [-0.2, 0) is 0 Å². The fourth-order valence-corrected chi connectivity index (χ4v) is 2.76. The highest BCUT2D eigenvalue weighted by Crippen LogP contribution is 2.38. The van der Waals surface area contributed by atoms with E-state index < -0.39 is 0 Å². The minimum Gasteiger partial charge on any atom is -0.371 e. The van der Waals surface area contributed by atoms with Gasteiger partial charge in [-0.25, -0.2) is 0 Å². The van der Waals surface area contributed by atoms with E-state index in [0.29, 0.717) is 11.5 Å². The van der Waals surface area contributed by atoms with Gasteiger partial charge in [-0.15, -0.1) is 0 Å². The molecule has 1 spiro atoms. The smallest absolute Gasteiger partial charge is 0.1000 e. The minimum atomic E-state index is 0.340. The topological polar surface area (TPSA) is 24.4 Å². The Kier molecular flexibility index (Phi) is 3.88. The van der Waals surface area contributed by atoms with Crippen LogP contribution < -0.4 is 5.32 Å². The van der Waals surface area contributed by atoms with Crippen molar-refractivity contribution in [3.63, 3.8) is 0 Å². The van der Waals surface area contributed by atoms with Gasteiger partial charge < -0.3 is 5.32 Å². The molecule has 92 valence electrons. The van der Waals surface area contributed by atoms with Crippen molar-refractivity contribution in [2.75, 3.05) is 6.54 Å². The summed E-state index contributed by atoms with van der Waals surface area (Å²) in [6.45, 7) is 5.71. The Hall–Kier alpha value is -0.530. The van der Waals surface area contributed by atoms with Gasteiger partial charge in [-0.2, -0.15) is 0 Å². The molecule has 1 fully saturated rings. The van der Waals surface area contributed by atoms with Crippen LogP contribution in [0.2, 0.25) is 0 Å². The van der Waals surface area contributed by atoms with Gasteiger partial charge in [0.25, 0.3) is 0 Å². The van der Waals surface area contributed by atoms with Crippen molar-refractivity contribution in [2.45, 2.75) is 70.8 Å². The number of nitrogens with zero attached hydrogens (tertiary/aromatic N) is 1. The number of hydrogen-bond acceptors (Lipinski definition) is 2. The Bertz CT molecular complexity index is 253. The molecule has 0 radical (unpaired) electrons. The highest BCUT2D eigenvalue weighted by molar-refractivity contribution is 5.86. The van der Waals surface area contributed by atoms with Crippen molar-refractivity contribution in [2.24, 2.45) is 10.9 Å². The molecule has 2 aliphatic rings. The molecule has 2 nitrogen and oxygen atoms in total. The standard InChI is InChI=1S/C14H26N2/c1-3-4-5-6-8-12(2)13-15-11-14(16-13)9-7-10-14/h12H,3-11H2,1-2H3,(H,15,16). The summed E-state index contributed by atoms with van der Waals surface area (Å²) in [6.07, 6.45) is 10.8. The minimum absolute atomic E-state index is 0.340. The summed E-state index contributed by atoms with van der Waals surface area (Å²) in [4.78, 5) is 4.93. The molecular formula is C14H26N2. The van der Waals surface area contributed by atoms with Crippen LogP contribution in [0.4, 0.5) is 0 Å². The van der Waals surface area contributed by atoms with Gasteiger partial charge in [-0.05, 0) is 25.7 Å². The van der Waals surface area contributed by atoms with Gasteiger partial charge in [0, 0.05) is 12.5 Å². The molecule has 1 saturated carbocycles. The normalized spacial score (nSPS) is 23.8. The van der Waals surface area contributed by atoms with Gasteiger partial charge in [0.05, 0.1) is 11.4 Å². The van der Waals surface area contributed by atoms with Crippen LogP contribution in [0, 0.1) is 5.92 Å². The van der Waals surface area contributed by atoms with E-state index in [-0.39, 0.29) is 0 Å². The number of aliphatic imine (C=N–C) groups is 1. The van der Waals surface area contributed by atoms with E-state index in [9.17, 15) is 0 Å². The molecule has 0 amide bonds. The van der Waals surface area contributed by atoms with Crippen molar-refractivity contribution >= 4 is 5.84 Å². The second kappa shape index (κ2) is 5.20. The summed E-state index contributed by atoms with van der Waals surface area (Å²) in [7, 11) is 0. The first-order valence-corrected chi connectivity index (χ1v) is 7.09. The summed E-state index contributed by atoms with van der Waals surface area (Å²) in [5.41, 5.74) is 0.340. The molecule has 1 aliphatic heterocycles. The second-order valence-electron chi connectivity index (χ2n) is 5.68. The van der Waals surface area contributed by atoms with E-state index in [1.165, 1.54) is 57.2 Å². The van der Waals surface area contributed by atoms with Crippen LogP contribution in [-0.4, -0.2) is 17.9 Å². The first-order valence-electron chi connectivity index (χ1n) is 7.09. The van der Waals surface area contributed by atoms with Crippen LogP contribution >= 0.6 is 0 Å². The maximum Gasteiger partial charge on any atom is 0.1000 e. The predicted octanol–water partition coefficient (Wildman–Crippen LogP) is 3.52. The van der Waals surface area contributed by atoms with E-state index in [0.717, 1.165) is 6.54 Å². The molecule has 16 heavy (non-hydrogen) atoms. The zero-order valence-corrected chi connectivity index (χ0v) is 10.9. The molecule has 0 bridgehead atoms.